The van der Waals surface area contributed by atoms with Gasteiger partial charge in [0.2, 0.25) is 5.16 Å². The quantitative estimate of drug-likeness (QED) is 0.763. The smallest absolute Gasteiger partial charge is 0.209 e. The van der Waals surface area contributed by atoms with E-state index < -0.39 is 0 Å². The van der Waals surface area contributed by atoms with Gasteiger partial charge in [0, 0.05) is 18.1 Å². The molecule has 2 aromatic rings. The molecule has 0 unspecified atom stereocenters. The molecule has 2 rings (SSSR count). The molecule has 2 N–H and O–H groups in total. The van der Waals surface area contributed by atoms with Crippen LogP contribution in [0.5, 0.6) is 0 Å². The van der Waals surface area contributed by atoms with Gasteiger partial charge in [-0.15, -0.1) is 16.4 Å². The molecule has 0 saturated carbocycles. The van der Waals surface area contributed by atoms with Crippen molar-refractivity contribution >= 4 is 23.1 Å². The van der Waals surface area contributed by atoms with Crippen LogP contribution < -0.4 is 5.73 Å². The van der Waals surface area contributed by atoms with Gasteiger partial charge in [-0.2, -0.15) is 0 Å². The molecule has 0 radical (unpaired) electrons. The minimum absolute atomic E-state index is 0.538. The first kappa shape index (κ1) is 10.5. The van der Waals surface area contributed by atoms with Gasteiger partial charge < -0.3 is 5.73 Å². The van der Waals surface area contributed by atoms with Gasteiger partial charge in [-0.3, -0.25) is 0 Å². The standard InChI is InChI=1S/C7H10N6S2/c8-1-3-13-7(10-11-12-13)15-5-6-9-2-4-14-6/h2,4H,1,3,5,8H2. The van der Waals surface area contributed by atoms with Crippen molar-refractivity contribution in [3.05, 3.63) is 16.6 Å². The lowest BCUT2D eigenvalue weighted by molar-refractivity contribution is 0.557. The van der Waals surface area contributed by atoms with E-state index in [2.05, 4.69) is 20.5 Å². The van der Waals surface area contributed by atoms with Crippen LogP contribution in [0.15, 0.2) is 16.7 Å². The van der Waals surface area contributed by atoms with Crippen LogP contribution in [0.4, 0.5) is 0 Å². The van der Waals surface area contributed by atoms with Crippen molar-refractivity contribution in [2.45, 2.75) is 17.5 Å². The maximum absolute atomic E-state index is 5.44. The first-order valence-electron chi connectivity index (χ1n) is 4.37. The molecule has 15 heavy (non-hydrogen) atoms. The van der Waals surface area contributed by atoms with Gasteiger partial charge in [0.15, 0.2) is 0 Å². The van der Waals surface area contributed by atoms with Gasteiger partial charge in [0.25, 0.3) is 0 Å². The summed E-state index contributed by atoms with van der Waals surface area (Å²) < 4.78 is 1.71. The molecule has 0 saturated heterocycles. The van der Waals surface area contributed by atoms with Crippen molar-refractivity contribution in [1.29, 1.82) is 0 Å². The third-order valence-corrected chi connectivity index (χ3v) is 3.58. The largest absolute Gasteiger partial charge is 0.329 e. The van der Waals surface area contributed by atoms with E-state index >= 15 is 0 Å². The SMILES string of the molecule is NCCn1nnnc1SCc1nccs1. The van der Waals surface area contributed by atoms with E-state index in [1.165, 1.54) is 0 Å². The van der Waals surface area contributed by atoms with E-state index in [0.29, 0.717) is 13.1 Å². The van der Waals surface area contributed by atoms with E-state index in [0.717, 1.165) is 15.9 Å². The zero-order chi connectivity index (χ0) is 10.5. The summed E-state index contributed by atoms with van der Waals surface area (Å²) in [5, 5.41) is 15.2. The summed E-state index contributed by atoms with van der Waals surface area (Å²) >= 11 is 3.20. The highest BCUT2D eigenvalue weighted by Gasteiger charge is 2.06. The summed E-state index contributed by atoms with van der Waals surface area (Å²) in [5.74, 6) is 0.794. The lowest BCUT2D eigenvalue weighted by Gasteiger charge is -2.00. The molecule has 0 bridgehead atoms. The van der Waals surface area contributed by atoms with Crippen LogP contribution in [0.25, 0.3) is 0 Å². The minimum Gasteiger partial charge on any atom is -0.329 e. The molecule has 0 fully saturated rings. The van der Waals surface area contributed by atoms with Gasteiger partial charge >= 0.3 is 0 Å². The number of tetrazole rings is 1. The molecule has 8 heteroatoms. The second kappa shape index (κ2) is 5.19. The number of hydrogen-bond acceptors (Lipinski definition) is 7. The molecule has 2 heterocycles. The van der Waals surface area contributed by atoms with Crippen molar-refractivity contribution in [2.24, 2.45) is 5.73 Å². The minimum atomic E-state index is 0.538. The number of nitrogens with two attached hydrogens (primary N) is 1. The number of thiazole rings is 1. The molecule has 80 valence electrons. The normalized spacial score (nSPS) is 10.7. The molecule has 0 aromatic carbocycles. The second-order valence-corrected chi connectivity index (χ2v) is 4.61. The zero-order valence-corrected chi connectivity index (χ0v) is 9.54. The third-order valence-electron chi connectivity index (χ3n) is 1.65. The highest BCUT2D eigenvalue weighted by atomic mass is 32.2. The Hall–Kier alpha value is -0.990. The van der Waals surface area contributed by atoms with Crippen molar-refractivity contribution in [2.75, 3.05) is 6.54 Å². The Morgan fingerprint density at radius 1 is 1.53 bits per heavy atom. The fourth-order valence-electron chi connectivity index (χ4n) is 1.01. The summed E-state index contributed by atoms with van der Waals surface area (Å²) in [5.41, 5.74) is 5.44. The Balaban J connectivity index is 1.95. The van der Waals surface area contributed by atoms with Crippen LogP contribution >= 0.6 is 23.1 Å². The van der Waals surface area contributed by atoms with Crippen molar-refractivity contribution in [3.8, 4) is 0 Å². The molecule has 0 spiro atoms. The molecule has 0 aliphatic carbocycles. The average molecular weight is 242 g/mol. The molecule has 0 aliphatic rings. The van der Waals surface area contributed by atoms with E-state index in [1.54, 1.807) is 34.0 Å². The maximum atomic E-state index is 5.44. The van der Waals surface area contributed by atoms with Crippen LogP contribution in [-0.2, 0) is 12.3 Å². The number of nitrogens with zero attached hydrogens (tertiary/aromatic N) is 5. The van der Waals surface area contributed by atoms with Gasteiger partial charge in [0.1, 0.15) is 5.01 Å². The van der Waals surface area contributed by atoms with Gasteiger partial charge in [0.05, 0.1) is 12.3 Å². The average Bonchev–Trinajstić information content (AvgIpc) is 2.85. The predicted octanol–water partition coefficient (Wildman–Crippen LogP) is 0.381. The van der Waals surface area contributed by atoms with Crippen LogP contribution in [0, 0.1) is 0 Å². The zero-order valence-electron chi connectivity index (χ0n) is 7.91. The maximum Gasteiger partial charge on any atom is 0.209 e. The van der Waals surface area contributed by atoms with Crippen molar-refractivity contribution in [1.82, 2.24) is 25.2 Å². The molecular formula is C7H10N6S2. The highest BCUT2D eigenvalue weighted by Crippen LogP contribution is 2.20. The Bertz CT molecular complexity index is 397. The van der Waals surface area contributed by atoms with Gasteiger partial charge in [-0.05, 0) is 10.4 Å². The molecule has 0 atom stereocenters. The molecule has 2 aromatic heterocycles. The van der Waals surface area contributed by atoms with E-state index in [-0.39, 0.29) is 0 Å². The Labute approximate surface area is 94.9 Å². The summed E-state index contributed by atoms with van der Waals surface area (Å²) in [6.07, 6.45) is 1.80. The lowest BCUT2D eigenvalue weighted by atomic mass is 10.7. The number of aromatic nitrogens is 5. The molecular weight excluding hydrogens is 232 g/mol. The third kappa shape index (κ3) is 2.74. The van der Waals surface area contributed by atoms with Gasteiger partial charge in [-0.1, -0.05) is 11.8 Å². The van der Waals surface area contributed by atoms with Crippen molar-refractivity contribution < 1.29 is 0 Å². The molecule has 0 amide bonds. The number of hydrogen-bond donors (Lipinski definition) is 1. The van der Waals surface area contributed by atoms with Gasteiger partial charge in [-0.25, -0.2) is 9.67 Å². The second-order valence-electron chi connectivity index (χ2n) is 2.69. The predicted molar refractivity (Wildman–Crippen MR) is 58.5 cm³/mol. The van der Waals surface area contributed by atoms with Crippen molar-refractivity contribution in [3.63, 3.8) is 0 Å². The van der Waals surface area contributed by atoms with Crippen LogP contribution in [-0.4, -0.2) is 31.7 Å². The summed E-state index contributed by atoms with van der Waals surface area (Å²) in [4.78, 5) is 4.19. The molecule has 6 nitrogen and oxygen atoms in total. The Kier molecular flexibility index (Phi) is 3.64. The molecule has 0 aliphatic heterocycles. The van der Waals surface area contributed by atoms with E-state index in [4.69, 9.17) is 5.73 Å². The van der Waals surface area contributed by atoms with Crippen LogP contribution in [0.1, 0.15) is 5.01 Å². The Morgan fingerprint density at radius 2 is 2.47 bits per heavy atom. The highest BCUT2D eigenvalue weighted by molar-refractivity contribution is 7.98. The Morgan fingerprint density at radius 3 is 3.20 bits per heavy atom. The van der Waals surface area contributed by atoms with Crippen LogP contribution in [0.3, 0.4) is 0 Å². The number of thioether (sulfide) groups is 1. The summed E-state index contributed by atoms with van der Waals surface area (Å²) in [6, 6.07) is 0. The fourth-order valence-corrected chi connectivity index (χ4v) is 2.56. The van der Waals surface area contributed by atoms with E-state index in [9.17, 15) is 0 Å². The first-order chi connectivity index (χ1) is 7.40. The van der Waals surface area contributed by atoms with E-state index in [1.807, 2.05) is 5.38 Å². The summed E-state index contributed by atoms with van der Waals surface area (Å²) in [7, 11) is 0. The summed E-state index contributed by atoms with van der Waals surface area (Å²) in [6.45, 7) is 1.18. The first-order valence-corrected chi connectivity index (χ1v) is 6.24. The lowest BCUT2D eigenvalue weighted by Crippen LogP contribution is -2.12. The number of rotatable bonds is 5. The fraction of sp³-hybridized carbons (Fsp3) is 0.429. The monoisotopic (exact) mass is 242 g/mol. The topological polar surface area (TPSA) is 82.5 Å². The van der Waals surface area contributed by atoms with Crippen LogP contribution in [0.2, 0.25) is 0 Å².